The van der Waals surface area contributed by atoms with E-state index in [4.69, 9.17) is 28.4 Å². The lowest BCUT2D eigenvalue weighted by atomic mass is 9.95. The highest BCUT2D eigenvalue weighted by Crippen LogP contribution is 2.44. The number of fused-ring (bicyclic) bond motifs is 3. The highest BCUT2D eigenvalue weighted by molar-refractivity contribution is 5.81. The zero-order chi connectivity index (χ0) is 35.1. The fraction of sp³-hybridized carbons (Fsp3) is 0.455. The van der Waals surface area contributed by atoms with Gasteiger partial charge < -0.3 is 44.2 Å². The second kappa shape index (κ2) is 15.7. The van der Waals surface area contributed by atoms with Crippen molar-refractivity contribution in [1.29, 1.82) is 0 Å². The Hall–Kier alpha value is -5.02. The first-order valence-electron chi connectivity index (χ1n) is 15.2. The highest BCUT2D eigenvalue weighted by Gasteiger charge is 2.52. The average molecular weight is 671 g/mol. The maximum absolute atomic E-state index is 13.0. The van der Waals surface area contributed by atoms with E-state index >= 15 is 0 Å². The van der Waals surface area contributed by atoms with Crippen LogP contribution in [0.3, 0.4) is 0 Å². The van der Waals surface area contributed by atoms with Crippen LogP contribution in [-0.4, -0.2) is 97.0 Å². The molecular weight excluding hydrogens is 632 g/mol. The van der Waals surface area contributed by atoms with E-state index in [1.807, 2.05) is 48.5 Å². The van der Waals surface area contributed by atoms with Crippen molar-refractivity contribution < 1.29 is 62.3 Å². The normalized spacial score (nSPS) is 22.6. The molecule has 0 aromatic heterocycles. The maximum Gasteiger partial charge on any atom is 0.407 e. The third kappa shape index (κ3) is 8.66. The molecule has 0 radical (unpaired) electrons. The monoisotopic (exact) mass is 670 g/mol. The van der Waals surface area contributed by atoms with Crippen LogP contribution in [0.5, 0.6) is 0 Å². The molecule has 48 heavy (non-hydrogen) atoms. The summed E-state index contributed by atoms with van der Waals surface area (Å²) < 4.78 is 33.2. The summed E-state index contributed by atoms with van der Waals surface area (Å²) in [5, 5.41) is 14.9. The molecule has 0 saturated carbocycles. The first-order valence-corrected chi connectivity index (χ1v) is 15.2. The lowest BCUT2D eigenvalue weighted by Crippen LogP contribution is -2.67. The number of carbonyl (C=O) groups excluding carboxylic acids is 5. The minimum Gasteiger partial charge on any atom is -0.480 e. The molecule has 1 heterocycles. The Morgan fingerprint density at radius 1 is 0.792 bits per heavy atom. The molecule has 0 bridgehead atoms. The Morgan fingerprint density at radius 3 is 1.88 bits per heavy atom. The van der Waals surface area contributed by atoms with E-state index in [0.717, 1.165) is 49.9 Å². The molecule has 1 saturated heterocycles. The summed E-state index contributed by atoms with van der Waals surface area (Å²) in [7, 11) is 0. The van der Waals surface area contributed by atoms with Gasteiger partial charge in [-0.25, -0.2) is 9.59 Å². The Morgan fingerprint density at radius 2 is 1.35 bits per heavy atom. The first-order chi connectivity index (χ1) is 22.8. The van der Waals surface area contributed by atoms with Gasteiger partial charge in [0.2, 0.25) is 5.91 Å². The Bertz CT molecular complexity index is 1500. The summed E-state index contributed by atoms with van der Waals surface area (Å²) in [4.78, 5) is 73.2. The number of carbonyl (C=O) groups is 6. The van der Waals surface area contributed by atoms with Crippen LogP contribution in [0.1, 0.15) is 51.7 Å². The number of hydrogen-bond donors (Lipinski definition) is 3. The van der Waals surface area contributed by atoms with Crippen molar-refractivity contribution in [3.8, 4) is 11.1 Å². The molecule has 2 aromatic rings. The van der Waals surface area contributed by atoms with Gasteiger partial charge in [-0.05, 0) is 29.2 Å². The fourth-order valence-corrected chi connectivity index (χ4v) is 5.84. The third-order valence-electron chi connectivity index (χ3n) is 7.77. The number of hydrogen-bond acceptors (Lipinski definition) is 12. The van der Waals surface area contributed by atoms with Crippen LogP contribution in [0.25, 0.3) is 11.1 Å². The molecular formula is C33H38N2O13. The number of alkyl carbamates (subject to hydrolysis) is 1. The number of esters is 3. The van der Waals surface area contributed by atoms with Gasteiger partial charge in [-0.15, -0.1) is 0 Å². The summed E-state index contributed by atoms with van der Waals surface area (Å²) in [6.45, 7) is 5.26. The minimum absolute atomic E-state index is 0.0722. The van der Waals surface area contributed by atoms with Crippen LogP contribution in [0.15, 0.2) is 48.5 Å². The van der Waals surface area contributed by atoms with Crippen molar-refractivity contribution >= 4 is 35.9 Å². The molecule has 4 rings (SSSR count). The number of carboxylic acids is 1. The molecule has 1 aliphatic heterocycles. The van der Waals surface area contributed by atoms with Gasteiger partial charge in [-0.1, -0.05) is 48.5 Å². The molecule has 1 fully saturated rings. The predicted molar refractivity (Wildman–Crippen MR) is 164 cm³/mol. The second-order valence-corrected chi connectivity index (χ2v) is 11.3. The number of rotatable bonds is 12. The van der Waals surface area contributed by atoms with Crippen LogP contribution in [0.2, 0.25) is 0 Å². The van der Waals surface area contributed by atoms with E-state index < -0.39 is 85.3 Å². The largest absolute Gasteiger partial charge is 0.480 e. The smallest absolute Gasteiger partial charge is 0.407 e. The van der Waals surface area contributed by atoms with Crippen molar-refractivity contribution in [1.82, 2.24) is 10.6 Å². The molecule has 0 spiro atoms. The SMILES string of the molecule is CC(=O)NC1C(O[C@H](C)[C@H](NC(=O)OCC2c3ccccc3-c3ccccc32)C(=O)O)OC(COC(C)=O)C(OC(C)=O)[C@H]1OC(C)=O. The summed E-state index contributed by atoms with van der Waals surface area (Å²) in [5.41, 5.74) is 3.97. The lowest BCUT2D eigenvalue weighted by molar-refractivity contribution is -0.287. The highest BCUT2D eigenvalue weighted by atomic mass is 16.7. The van der Waals surface area contributed by atoms with E-state index in [-0.39, 0.29) is 12.5 Å². The van der Waals surface area contributed by atoms with Gasteiger partial charge in [0, 0.05) is 33.6 Å². The molecule has 258 valence electrons. The topological polar surface area (TPSA) is 202 Å². The number of amides is 2. The molecule has 3 N–H and O–H groups in total. The van der Waals surface area contributed by atoms with Crippen molar-refractivity contribution in [2.75, 3.05) is 13.2 Å². The molecule has 7 atom stereocenters. The quantitative estimate of drug-likeness (QED) is 0.219. The van der Waals surface area contributed by atoms with Crippen LogP contribution in [0.4, 0.5) is 4.79 Å². The van der Waals surface area contributed by atoms with Gasteiger partial charge in [-0.2, -0.15) is 0 Å². The lowest BCUT2D eigenvalue weighted by Gasteiger charge is -2.45. The van der Waals surface area contributed by atoms with E-state index in [1.165, 1.54) is 6.92 Å². The van der Waals surface area contributed by atoms with Crippen LogP contribution >= 0.6 is 0 Å². The molecule has 1 aliphatic carbocycles. The van der Waals surface area contributed by atoms with Gasteiger partial charge in [0.05, 0.1) is 6.10 Å². The number of aliphatic carboxylic acids is 1. The van der Waals surface area contributed by atoms with E-state index in [0.29, 0.717) is 0 Å². The fourth-order valence-electron chi connectivity index (χ4n) is 5.84. The van der Waals surface area contributed by atoms with Gasteiger partial charge in [0.15, 0.2) is 24.5 Å². The standard InChI is InChI=1S/C33H38N2O13/c1-16(27(31(40)41)35-33(42)44-14-25-23-12-8-6-10-21(23)22-11-7-9-13-24(22)25)45-32-28(34-17(2)36)30(47-20(5)39)29(46-19(4)38)26(48-32)15-43-18(3)37/h6-13,16,25-30,32H,14-15H2,1-5H3,(H,34,36)(H,35,42)(H,40,41)/t16-,26?,27+,28?,29?,30+,32?/m1/s1. The maximum atomic E-state index is 13.0. The summed E-state index contributed by atoms with van der Waals surface area (Å²) >= 11 is 0. The number of carboxylic acid groups (broad SMARTS) is 1. The third-order valence-corrected chi connectivity index (χ3v) is 7.77. The summed E-state index contributed by atoms with van der Waals surface area (Å²) in [5.74, 6) is -4.67. The zero-order valence-corrected chi connectivity index (χ0v) is 27.0. The minimum atomic E-state index is -1.69. The van der Waals surface area contributed by atoms with Crippen LogP contribution in [0, 0.1) is 0 Å². The van der Waals surface area contributed by atoms with Crippen molar-refractivity contribution in [2.24, 2.45) is 0 Å². The number of benzene rings is 2. The second-order valence-electron chi connectivity index (χ2n) is 11.3. The summed E-state index contributed by atoms with van der Waals surface area (Å²) in [6.07, 6.45) is -7.98. The van der Waals surface area contributed by atoms with E-state index in [9.17, 15) is 33.9 Å². The van der Waals surface area contributed by atoms with Crippen LogP contribution in [-0.2, 0) is 52.4 Å². The number of nitrogens with one attached hydrogen (secondary N) is 2. The van der Waals surface area contributed by atoms with Gasteiger partial charge >= 0.3 is 30.0 Å². The van der Waals surface area contributed by atoms with E-state index in [2.05, 4.69) is 10.6 Å². The molecule has 4 unspecified atom stereocenters. The summed E-state index contributed by atoms with van der Waals surface area (Å²) in [6, 6.07) is 12.4. The molecule has 2 aromatic carbocycles. The van der Waals surface area contributed by atoms with Crippen molar-refractivity contribution in [3.63, 3.8) is 0 Å². The zero-order valence-electron chi connectivity index (χ0n) is 27.0. The van der Waals surface area contributed by atoms with E-state index in [1.54, 1.807) is 0 Å². The Kier molecular flexibility index (Phi) is 11.7. The van der Waals surface area contributed by atoms with Crippen molar-refractivity contribution in [3.05, 3.63) is 59.7 Å². The van der Waals surface area contributed by atoms with Crippen LogP contribution < -0.4 is 10.6 Å². The molecule has 2 amide bonds. The number of ether oxygens (including phenoxy) is 6. The average Bonchev–Trinajstić information content (AvgIpc) is 3.33. The predicted octanol–water partition coefficient (Wildman–Crippen LogP) is 2.04. The Labute approximate surface area is 276 Å². The molecule has 15 heteroatoms. The first kappa shape index (κ1) is 35.8. The van der Waals surface area contributed by atoms with Crippen molar-refractivity contribution in [2.45, 2.75) is 83.3 Å². The van der Waals surface area contributed by atoms with Gasteiger partial charge in [0.1, 0.15) is 25.4 Å². The Balaban J connectivity index is 1.52. The molecule has 15 nitrogen and oxygen atoms in total. The molecule has 2 aliphatic rings. The van der Waals surface area contributed by atoms with Gasteiger partial charge in [0.25, 0.3) is 0 Å². The van der Waals surface area contributed by atoms with Gasteiger partial charge in [-0.3, -0.25) is 19.2 Å².